The maximum Gasteiger partial charge on any atom is 0.419 e. The van der Waals surface area contributed by atoms with Crippen LogP contribution in [0.2, 0.25) is 0 Å². The Morgan fingerprint density at radius 1 is 1.27 bits per heavy atom. The number of pyridine rings is 1. The number of rotatable bonds is 3. The van der Waals surface area contributed by atoms with Gasteiger partial charge in [0.2, 0.25) is 0 Å². The lowest BCUT2D eigenvalue weighted by Gasteiger charge is -2.43. The number of carbonyl (C=O) groups is 1. The molecule has 0 bridgehead atoms. The number of aromatic nitrogens is 1. The second-order valence-electron chi connectivity index (χ2n) is 7.17. The van der Waals surface area contributed by atoms with Gasteiger partial charge in [-0.25, -0.2) is 4.98 Å². The molecule has 30 heavy (non-hydrogen) atoms. The molecule has 0 unspecified atom stereocenters. The van der Waals surface area contributed by atoms with Crippen molar-refractivity contribution in [3.63, 3.8) is 0 Å². The Balaban J connectivity index is 1.82. The number of nitrogens with zero attached hydrogens (tertiary/aromatic N) is 4. The monoisotopic (exact) mass is 432 g/mol. The van der Waals surface area contributed by atoms with Crippen LogP contribution < -0.4 is 9.80 Å². The zero-order chi connectivity index (χ0) is 21.7. The summed E-state index contributed by atoms with van der Waals surface area (Å²) in [5, 5.41) is 18.4. The van der Waals surface area contributed by atoms with Crippen LogP contribution in [-0.4, -0.2) is 26.6 Å². The van der Waals surface area contributed by atoms with E-state index >= 15 is 0 Å². The van der Waals surface area contributed by atoms with E-state index in [4.69, 9.17) is 17.5 Å². The average Bonchev–Trinajstić information content (AvgIpc) is 2.93. The van der Waals surface area contributed by atoms with E-state index in [1.54, 1.807) is 29.2 Å². The summed E-state index contributed by atoms with van der Waals surface area (Å²) < 4.78 is 40.2. The van der Waals surface area contributed by atoms with E-state index in [1.807, 2.05) is 0 Å². The molecule has 2 fully saturated rings. The number of alkyl halides is 3. The third kappa shape index (κ3) is 2.93. The van der Waals surface area contributed by atoms with Gasteiger partial charge in [0, 0.05) is 5.69 Å². The lowest BCUT2D eigenvalue weighted by molar-refractivity contribution is -0.138. The second kappa shape index (κ2) is 7.04. The van der Waals surface area contributed by atoms with Crippen LogP contribution in [0.4, 0.5) is 24.5 Å². The number of benzene rings is 1. The Bertz CT molecular complexity index is 1090. The van der Waals surface area contributed by atoms with Crippen LogP contribution in [0.1, 0.15) is 36.1 Å². The van der Waals surface area contributed by atoms with Gasteiger partial charge in [-0.3, -0.25) is 9.69 Å². The van der Waals surface area contributed by atoms with Crippen molar-refractivity contribution in [2.45, 2.75) is 37.6 Å². The minimum atomic E-state index is -4.80. The minimum absolute atomic E-state index is 0.0365. The molecule has 0 atom stereocenters. The molecule has 10 heteroatoms. The summed E-state index contributed by atoms with van der Waals surface area (Å²) in [4.78, 5) is 19.7. The summed E-state index contributed by atoms with van der Waals surface area (Å²) in [6, 6.07) is 9.03. The van der Waals surface area contributed by atoms with Crippen molar-refractivity contribution < 1.29 is 23.1 Å². The molecule has 1 spiro atoms. The van der Waals surface area contributed by atoms with E-state index in [1.165, 1.54) is 6.07 Å². The van der Waals surface area contributed by atoms with Gasteiger partial charge < -0.3 is 10.0 Å². The summed E-state index contributed by atoms with van der Waals surface area (Å²) in [6.07, 6.45) is -1.97. The summed E-state index contributed by atoms with van der Waals surface area (Å²) >= 11 is 5.52. The highest BCUT2D eigenvalue weighted by Crippen LogP contribution is 2.48. The van der Waals surface area contributed by atoms with Crippen LogP contribution in [0.25, 0.3) is 0 Å². The van der Waals surface area contributed by atoms with Gasteiger partial charge in [0.15, 0.2) is 10.8 Å². The Hall–Kier alpha value is -3.03. The van der Waals surface area contributed by atoms with Crippen LogP contribution >= 0.6 is 12.2 Å². The second-order valence-corrected chi connectivity index (χ2v) is 7.54. The first-order valence-corrected chi connectivity index (χ1v) is 9.49. The molecule has 2 aliphatic rings. The van der Waals surface area contributed by atoms with Crippen LogP contribution in [-0.2, 0) is 17.6 Å². The number of amides is 1. The highest BCUT2D eigenvalue weighted by Gasteiger charge is 2.59. The first-order valence-electron chi connectivity index (χ1n) is 9.09. The highest BCUT2D eigenvalue weighted by molar-refractivity contribution is 7.81. The minimum Gasteiger partial charge on any atom is -0.392 e. The third-order valence-electron chi connectivity index (χ3n) is 5.49. The van der Waals surface area contributed by atoms with Crippen molar-refractivity contribution in [2.24, 2.45) is 0 Å². The zero-order valence-corrected chi connectivity index (χ0v) is 16.3. The van der Waals surface area contributed by atoms with E-state index < -0.39 is 28.9 Å². The molecule has 4 rings (SSSR count). The van der Waals surface area contributed by atoms with Gasteiger partial charge in [-0.1, -0.05) is 12.1 Å². The van der Waals surface area contributed by atoms with Gasteiger partial charge >= 0.3 is 6.18 Å². The lowest BCUT2D eigenvalue weighted by Crippen LogP contribution is -2.55. The van der Waals surface area contributed by atoms with Crippen LogP contribution in [0.3, 0.4) is 0 Å². The standard InChI is InChI=1S/C20H15F3N4O2S/c21-20(22,23)15-8-14(10-25-16(15)9-24)26-17(29)19(5-2-6-19)27(18(26)30)13-4-1-3-12(7-13)11-28/h1,3-4,7-8,10,28H,2,5-6,11H2. The number of hydrogen-bond acceptors (Lipinski definition) is 5. The number of halogens is 3. The summed E-state index contributed by atoms with van der Waals surface area (Å²) in [6.45, 7) is -0.201. The van der Waals surface area contributed by atoms with Crippen molar-refractivity contribution in [3.05, 3.63) is 53.3 Å². The van der Waals surface area contributed by atoms with E-state index in [9.17, 15) is 23.1 Å². The van der Waals surface area contributed by atoms with E-state index in [2.05, 4.69) is 4.98 Å². The van der Waals surface area contributed by atoms with Gasteiger partial charge in [-0.2, -0.15) is 18.4 Å². The van der Waals surface area contributed by atoms with Gasteiger partial charge in [0.1, 0.15) is 11.6 Å². The zero-order valence-electron chi connectivity index (χ0n) is 15.5. The maximum absolute atomic E-state index is 13.4. The predicted octanol–water partition coefficient (Wildman–Crippen LogP) is 3.53. The van der Waals surface area contributed by atoms with Gasteiger partial charge in [0.05, 0.1) is 24.1 Å². The van der Waals surface area contributed by atoms with E-state index in [-0.39, 0.29) is 17.4 Å². The smallest absolute Gasteiger partial charge is 0.392 e. The normalized spacial score (nSPS) is 18.0. The lowest BCUT2D eigenvalue weighted by atomic mass is 9.75. The number of carbonyl (C=O) groups excluding carboxylic acids is 1. The van der Waals surface area contributed by atoms with Crippen LogP contribution in [0, 0.1) is 11.3 Å². The van der Waals surface area contributed by atoms with Gasteiger partial charge in [-0.15, -0.1) is 0 Å². The first kappa shape index (κ1) is 20.3. The van der Waals surface area contributed by atoms with E-state index in [0.717, 1.165) is 23.6 Å². The molecule has 1 aromatic heterocycles. The number of hydrogen-bond donors (Lipinski definition) is 1. The number of nitriles is 1. The summed E-state index contributed by atoms with van der Waals surface area (Å²) in [5.41, 5.74) is -1.90. The molecular weight excluding hydrogens is 417 g/mol. The molecule has 1 aliphatic carbocycles. The number of aliphatic hydroxyl groups excluding tert-OH is 1. The third-order valence-corrected chi connectivity index (χ3v) is 5.85. The quantitative estimate of drug-likeness (QED) is 0.748. The molecule has 2 aromatic rings. The molecule has 154 valence electrons. The Kier molecular flexibility index (Phi) is 4.75. The van der Waals surface area contributed by atoms with E-state index in [0.29, 0.717) is 24.1 Å². The maximum atomic E-state index is 13.4. The molecule has 1 aromatic carbocycles. The van der Waals surface area contributed by atoms with Crippen LogP contribution in [0.5, 0.6) is 0 Å². The van der Waals surface area contributed by atoms with Crippen molar-refractivity contribution >= 4 is 34.6 Å². The predicted molar refractivity (Wildman–Crippen MR) is 105 cm³/mol. The molecule has 1 N–H and O–H groups in total. The molecule has 6 nitrogen and oxygen atoms in total. The Labute approximate surface area is 175 Å². The topological polar surface area (TPSA) is 80.5 Å². The molecular formula is C20H15F3N4O2S. The molecule has 1 saturated carbocycles. The molecule has 1 aliphatic heterocycles. The highest BCUT2D eigenvalue weighted by atomic mass is 32.1. The molecule has 1 amide bonds. The Morgan fingerprint density at radius 3 is 2.57 bits per heavy atom. The first-order chi connectivity index (χ1) is 14.2. The van der Waals surface area contributed by atoms with Gasteiger partial charge in [0.25, 0.3) is 5.91 Å². The van der Waals surface area contributed by atoms with Crippen LogP contribution in [0.15, 0.2) is 36.5 Å². The number of anilines is 2. The van der Waals surface area contributed by atoms with Crippen molar-refractivity contribution in [1.29, 1.82) is 5.26 Å². The SMILES string of the molecule is N#Cc1ncc(N2C(=O)C3(CCC3)N(c3cccc(CO)c3)C2=S)cc1C(F)(F)F. The summed E-state index contributed by atoms with van der Waals surface area (Å²) in [7, 11) is 0. The van der Waals surface area contributed by atoms with Crippen molar-refractivity contribution in [2.75, 3.05) is 9.80 Å². The number of aliphatic hydroxyl groups is 1. The fourth-order valence-corrected chi connectivity index (χ4v) is 4.35. The molecule has 1 saturated heterocycles. The molecule has 0 radical (unpaired) electrons. The van der Waals surface area contributed by atoms with Gasteiger partial charge in [-0.05, 0) is 55.2 Å². The summed E-state index contributed by atoms with van der Waals surface area (Å²) in [5.74, 6) is -0.423. The fourth-order valence-electron chi connectivity index (χ4n) is 3.88. The largest absolute Gasteiger partial charge is 0.419 e. The Morgan fingerprint density at radius 2 is 2.00 bits per heavy atom. The molecule has 2 heterocycles. The van der Waals surface area contributed by atoms with Crippen molar-refractivity contribution in [3.8, 4) is 6.07 Å². The average molecular weight is 432 g/mol. The number of thiocarbonyl (C=S) groups is 1. The fraction of sp³-hybridized carbons (Fsp3) is 0.300. The van der Waals surface area contributed by atoms with Crippen molar-refractivity contribution in [1.82, 2.24) is 4.98 Å².